The van der Waals surface area contributed by atoms with Crippen molar-refractivity contribution in [2.24, 2.45) is 0 Å². The molecule has 134 valence electrons. The summed E-state index contributed by atoms with van der Waals surface area (Å²) in [7, 11) is 0. The van der Waals surface area contributed by atoms with Gasteiger partial charge in [0.25, 0.3) is 0 Å². The van der Waals surface area contributed by atoms with Crippen molar-refractivity contribution in [3.63, 3.8) is 0 Å². The van der Waals surface area contributed by atoms with Gasteiger partial charge in [0.2, 0.25) is 0 Å². The predicted molar refractivity (Wildman–Crippen MR) is 97.2 cm³/mol. The van der Waals surface area contributed by atoms with Crippen LogP contribution in [0.2, 0.25) is 0 Å². The molecular formula is C20H25FN2O2. The van der Waals surface area contributed by atoms with E-state index in [0.29, 0.717) is 25.4 Å². The highest BCUT2D eigenvalue weighted by Crippen LogP contribution is 2.21. The van der Waals surface area contributed by atoms with Crippen molar-refractivity contribution in [1.82, 2.24) is 5.32 Å². The van der Waals surface area contributed by atoms with E-state index in [1.807, 2.05) is 41.3 Å². The summed E-state index contributed by atoms with van der Waals surface area (Å²) < 4.78 is 19.7. The maximum absolute atomic E-state index is 14.3. The molecule has 0 aromatic heterocycles. The Balaban J connectivity index is 1.47. The van der Waals surface area contributed by atoms with Crippen molar-refractivity contribution in [3.05, 3.63) is 65.0 Å². The second kappa shape index (κ2) is 8.94. The Labute approximate surface area is 148 Å². The molecule has 0 atom stereocenters. The summed E-state index contributed by atoms with van der Waals surface area (Å²) in [4.78, 5) is 2.03. The zero-order valence-corrected chi connectivity index (χ0v) is 14.4. The van der Waals surface area contributed by atoms with Gasteiger partial charge in [-0.2, -0.15) is 0 Å². The average molecular weight is 344 g/mol. The molecule has 2 N–H and O–H groups in total. The van der Waals surface area contributed by atoms with Crippen molar-refractivity contribution >= 4 is 5.69 Å². The zero-order valence-electron chi connectivity index (χ0n) is 14.4. The van der Waals surface area contributed by atoms with E-state index in [9.17, 15) is 4.39 Å². The molecule has 0 aliphatic carbocycles. The first kappa shape index (κ1) is 17.9. The zero-order chi connectivity index (χ0) is 17.5. The lowest BCUT2D eigenvalue weighted by Crippen LogP contribution is -2.36. The summed E-state index contributed by atoms with van der Waals surface area (Å²) in [6, 6.07) is 13.4. The second-order valence-corrected chi connectivity index (χ2v) is 6.29. The summed E-state index contributed by atoms with van der Waals surface area (Å²) in [5.41, 5.74) is 3.76. The lowest BCUT2D eigenvalue weighted by Gasteiger charge is -2.29. The summed E-state index contributed by atoms with van der Waals surface area (Å²) in [5, 5.41) is 12.4. The van der Waals surface area contributed by atoms with Gasteiger partial charge < -0.3 is 20.1 Å². The molecule has 0 spiro atoms. The smallest absolute Gasteiger partial charge is 0.146 e. The highest BCUT2D eigenvalue weighted by molar-refractivity contribution is 5.49. The van der Waals surface area contributed by atoms with Crippen LogP contribution in [-0.4, -0.2) is 38.0 Å². The van der Waals surface area contributed by atoms with E-state index in [-0.39, 0.29) is 12.4 Å². The Hall–Kier alpha value is -1.95. The molecule has 0 radical (unpaired) electrons. The van der Waals surface area contributed by atoms with Gasteiger partial charge in [0, 0.05) is 19.6 Å². The molecule has 1 saturated heterocycles. The lowest BCUT2D eigenvalue weighted by molar-refractivity contribution is 0.122. The third-order valence-corrected chi connectivity index (χ3v) is 4.49. The van der Waals surface area contributed by atoms with E-state index in [1.54, 1.807) is 6.07 Å². The van der Waals surface area contributed by atoms with E-state index in [0.717, 1.165) is 37.2 Å². The molecule has 4 nitrogen and oxygen atoms in total. The first-order valence-electron chi connectivity index (χ1n) is 8.77. The van der Waals surface area contributed by atoms with E-state index < -0.39 is 0 Å². The Morgan fingerprint density at radius 1 is 1.00 bits per heavy atom. The second-order valence-electron chi connectivity index (χ2n) is 6.29. The standard InChI is InChI=1S/C20H25FN2O2/c21-19-13-18(5-6-20(19)23-9-11-25-12-10-23)14-22-8-7-16-1-3-17(15-24)4-2-16/h1-6,13,22,24H,7-12,14-15H2. The molecule has 25 heavy (non-hydrogen) atoms. The molecule has 2 aromatic carbocycles. The Kier molecular flexibility index (Phi) is 6.39. The molecule has 0 bridgehead atoms. The number of hydrogen-bond donors (Lipinski definition) is 2. The summed E-state index contributed by atoms with van der Waals surface area (Å²) in [6.07, 6.45) is 0.903. The van der Waals surface area contributed by atoms with Crippen LogP contribution >= 0.6 is 0 Å². The van der Waals surface area contributed by atoms with E-state index in [1.165, 1.54) is 5.56 Å². The molecular weight excluding hydrogens is 319 g/mol. The molecule has 3 rings (SSSR count). The summed E-state index contributed by atoms with van der Waals surface area (Å²) >= 11 is 0. The number of halogens is 1. The van der Waals surface area contributed by atoms with Crippen LogP contribution in [0.15, 0.2) is 42.5 Å². The quantitative estimate of drug-likeness (QED) is 0.758. The Bertz CT molecular complexity index is 670. The number of ether oxygens (including phenoxy) is 1. The van der Waals surface area contributed by atoms with E-state index >= 15 is 0 Å². The number of aliphatic hydroxyl groups is 1. The average Bonchev–Trinajstić information content (AvgIpc) is 2.66. The van der Waals surface area contributed by atoms with Crippen LogP contribution < -0.4 is 10.2 Å². The van der Waals surface area contributed by atoms with Crippen molar-refractivity contribution < 1.29 is 14.2 Å². The number of anilines is 1. The number of nitrogens with zero attached hydrogens (tertiary/aromatic N) is 1. The molecule has 1 fully saturated rings. The fourth-order valence-electron chi connectivity index (χ4n) is 3.00. The molecule has 0 unspecified atom stereocenters. The van der Waals surface area contributed by atoms with Gasteiger partial charge in [-0.25, -0.2) is 4.39 Å². The first-order chi connectivity index (χ1) is 12.3. The molecule has 5 heteroatoms. The number of rotatable bonds is 7. The maximum Gasteiger partial charge on any atom is 0.146 e. The van der Waals surface area contributed by atoms with Crippen molar-refractivity contribution in [2.45, 2.75) is 19.6 Å². The Morgan fingerprint density at radius 2 is 1.68 bits per heavy atom. The van der Waals surface area contributed by atoms with Gasteiger partial charge in [0.1, 0.15) is 5.82 Å². The molecule has 0 saturated carbocycles. The van der Waals surface area contributed by atoms with Crippen LogP contribution in [0.3, 0.4) is 0 Å². The van der Waals surface area contributed by atoms with Crippen LogP contribution in [0, 0.1) is 5.82 Å². The fourth-order valence-corrected chi connectivity index (χ4v) is 3.00. The monoisotopic (exact) mass is 344 g/mol. The molecule has 1 heterocycles. The Morgan fingerprint density at radius 3 is 2.36 bits per heavy atom. The first-order valence-corrected chi connectivity index (χ1v) is 8.77. The van der Waals surface area contributed by atoms with E-state index in [4.69, 9.17) is 9.84 Å². The van der Waals surface area contributed by atoms with Crippen molar-refractivity contribution in [1.29, 1.82) is 0 Å². The number of aliphatic hydroxyl groups excluding tert-OH is 1. The van der Waals surface area contributed by atoms with Gasteiger partial charge in [0.05, 0.1) is 25.5 Å². The van der Waals surface area contributed by atoms with Crippen LogP contribution in [0.5, 0.6) is 0 Å². The van der Waals surface area contributed by atoms with Crippen LogP contribution in [0.1, 0.15) is 16.7 Å². The maximum atomic E-state index is 14.3. The normalized spacial score (nSPS) is 14.7. The van der Waals surface area contributed by atoms with Gasteiger partial charge in [0.15, 0.2) is 0 Å². The van der Waals surface area contributed by atoms with Crippen molar-refractivity contribution in [3.8, 4) is 0 Å². The van der Waals surface area contributed by atoms with Gasteiger partial charge >= 0.3 is 0 Å². The largest absolute Gasteiger partial charge is 0.392 e. The lowest BCUT2D eigenvalue weighted by atomic mass is 10.1. The van der Waals surface area contributed by atoms with Gasteiger partial charge in [-0.1, -0.05) is 30.3 Å². The molecule has 2 aromatic rings. The minimum absolute atomic E-state index is 0.0740. The number of benzene rings is 2. The van der Waals surface area contributed by atoms with Gasteiger partial charge in [-0.3, -0.25) is 0 Å². The summed E-state index contributed by atoms with van der Waals surface area (Å²) in [6.45, 7) is 4.34. The van der Waals surface area contributed by atoms with E-state index in [2.05, 4.69) is 5.32 Å². The number of morpholine rings is 1. The highest BCUT2D eigenvalue weighted by atomic mass is 19.1. The van der Waals surface area contributed by atoms with Crippen LogP contribution in [0.4, 0.5) is 10.1 Å². The minimum Gasteiger partial charge on any atom is -0.392 e. The summed E-state index contributed by atoms with van der Waals surface area (Å²) in [5.74, 6) is -0.166. The number of nitrogens with one attached hydrogen (secondary N) is 1. The third-order valence-electron chi connectivity index (χ3n) is 4.49. The number of hydrogen-bond acceptors (Lipinski definition) is 4. The molecule has 1 aliphatic rings. The van der Waals surface area contributed by atoms with Gasteiger partial charge in [-0.15, -0.1) is 0 Å². The third kappa shape index (κ3) is 5.01. The van der Waals surface area contributed by atoms with Crippen LogP contribution in [-0.2, 0) is 24.3 Å². The van der Waals surface area contributed by atoms with Gasteiger partial charge in [-0.05, 0) is 41.8 Å². The fraction of sp³-hybridized carbons (Fsp3) is 0.400. The molecule has 0 amide bonds. The minimum atomic E-state index is -0.166. The SMILES string of the molecule is OCc1ccc(CCNCc2ccc(N3CCOCC3)c(F)c2)cc1. The van der Waals surface area contributed by atoms with Crippen LogP contribution in [0.25, 0.3) is 0 Å². The predicted octanol–water partition coefficient (Wildman–Crippen LogP) is 2.49. The van der Waals surface area contributed by atoms with Crippen molar-refractivity contribution in [2.75, 3.05) is 37.7 Å². The highest BCUT2D eigenvalue weighted by Gasteiger charge is 2.15. The molecule has 1 aliphatic heterocycles. The topological polar surface area (TPSA) is 44.7 Å².